The van der Waals surface area contributed by atoms with Gasteiger partial charge in [0.05, 0.1) is 13.3 Å². The van der Waals surface area contributed by atoms with Crippen molar-refractivity contribution in [1.82, 2.24) is 5.43 Å². The minimum absolute atomic E-state index is 0.306. The molecule has 0 aliphatic rings. The lowest BCUT2D eigenvalue weighted by Gasteiger charge is -2.04. The van der Waals surface area contributed by atoms with Crippen molar-refractivity contribution in [3.8, 4) is 5.75 Å². The Morgan fingerprint density at radius 3 is 2.48 bits per heavy atom. The summed E-state index contributed by atoms with van der Waals surface area (Å²) in [5.41, 5.74) is 3.06. The molecule has 0 atom stereocenters. The molecule has 0 fully saturated rings. The highest BCUT2D eigenvalue weighted by Gasteiger charge is 2.12. The van der Waals surface area contributed by atoms with Crippen molar-refractivity contribution in [3.63, 3.8) is 0 Å². The molecule has 2 aromatic carbocycles. The van der Waals surface area contributed by atoms with Crippen LogP contribution < -0.4 is 15.5 Å². The Labute approximate surface area is 132 Å². The van der Waals surface area contributed by atoms with Crippen LogP contribution in [0.5, 0.6) is 5.75 Å². The number of halogens is 1. The number of anilines is 1. The van der Waals surface area contributed by atoms with Crippen LogP contribution in [-0.4, -0.2) is 25.1 Å². The zero-order valence-electron chi connectivity index (χ0n) is 12.2. The number of carbonyl (C=O) groups is 2. The number of nitrogens with zero attached hydrogens (tertiary/aromatic N) is 1. The average Bonchev–Trinajstić information content (AvgIpc) is 2.57. The number of benzene rings is 2. The molecule has 2 amide bonds. The fourth-order valence-corrected chi connectivity index (χ4v) is 1.71. The fraction of sp³-hybridized carbons (Fsp3) is 0.0625. The van der Waals surface area contributed by atoms with Crippen LogP contribution in [0.4, 0.5) is 10.1 Å². The van der Waals surface area contributed by atoms with Gasteiger partial charge in [-0.25, -0.2) is 9.82 Å². The van der Waals surface area contributed by atoms with E-state index in [0.29, 0.717) is 17.0 Å². The Morgan fingerprint density at radius 1 is 1.09 bits per heavy atom. The third kappa shape index (κ3) is 4.63. The summed E-state index contributed by atoms with van der Waals surface area (Å²) in [6.07, 6.45) is 1.36. The van der Waals surface area contributed by atoms with Crippen molar-refractivity contribution in [3.05, 3.63) is 59.9 Å². The Balaban J connectivity index is 1.92. The smallest absolute Gasteiger partial charge is 0.329 e. The predicted octanol–water partition coefficient (Wildman–Crippen LogP) is 1.92. The van der Waals surface area contributed by atoms with Gasteiger partial charge in [0.25, 0.3) is 0 Å². The Hall–Kier alpha value is -3.22. The van der Waals surface area contributed by atoms with Gasteiger partial charge >= 0.3 is 11.8 Å². The van der Waals surface area contributed by atoms with E-state index in [1.807, 2.05) is 0 Å². The summed E-state index contributed by atoms with van der Waals surface area (Å²) in [7, 11) is 1.52. The number of hydrogen-bond acceptors (Lipinski definition) is 4. The number of hydrogen-bond donors (Lipinski definition) is 2. The van der Waals surface area contributed by atoms with Gasteiger partial charge in [-0.2, -0.15) is 5.10 Å². The van der Waals surface area contributed by atoms with Crippen molar-refractivity contribution >= 4 is 23.7 Å². The summed E-state index contributed by atoms with van der Waals surface area (Å²) in [6.45, 7) is 0. The van der Waals surface area contributed by atoms with E-state index < -0.39 is 17.6 Å². The van der Waals surface area contributed by atoms with Crippen LogP contribution in [0.2, 0.25) is 0 Å². The summed E-state index contributed by atoms with van der Waals surface area (Å²) < 4.78 is 17.9. The molecule has 118 valence electrons. The van der Waals surface area contributed by atoms with Crippen LogP contribution in [0.1, 0.15) is 5.56 Å². The number of rotatable bonds is 4. The van der Waals surface area contributed by atoms with E-state index in [1.54, 1.807) is 24.3 Å². The molecule has 2 aromatic rings. The quantitative estimate of drug-likeness (QED) is 0.514. The predicted molar refractivity (Wildman–Crippen MR) is 83.8 cm³/mol. The number of carbonyl (C=O) groups excluding carboxylic acids is 2. The Bertz CT molecular complexity index is 730. The lowest BCUT2D eigenvalue weighted by Crippen LogP contribution is -2.32. The molecule has 6 nitrogen and oxygen atoms in total. The Kier molecular flexibility index (Phi) is 5.40. The molecule has 0 aromatic heterocycles. The number of methoxy groups -OCH3 is 1. The van der Waals surface area contributed by atoms with Crippen molar-refractivity contribution in [1.29, 1.82) is 0 Å². The summed E-state index contributed by atoms with van der Waals surface area (Å²) in [5, 5.41) is 6.03. The van der Waals surface area contributed by atoms with Crippen LogP contribution in [0.3, 0.4) is 0 Å². The average molecular weight is 315 g/mol. The molecule has 0 radical (unpaired) electrons. The molecule has 2 rings (SSSR count). The van der Waals surface area contributed by atoms with Gasteiger partial charge in [0, 0.05) is 11.3 Å². The van der Waals surface area contributed by atoms with E-state index in [-0.39, 0.29) is 0 Å². The molecule has 0 bridgehead atoms. The fourth-order valence-electron chi connectivity index (χ4n) is 1.71. The molecule has 0 saturated carbocycles. The lowest BCUT2D eigenvalue weighted by atomic mass is 10.2. The molecule has 0 saturated heterocycles. The summed E-state index contributed by atoms with van der Waals surface area (Å²) in [5.74, 6) is -1.70. The highest BCUT2D eigenvalue weighted by atomic mass is 19.1. The summed E-state index contributed by atoms with van der Waals surface area (Å²) in [6, 6.07) is 12.1. The second-order valence-corrected chi connectivity index (χ2v) is 4.40. The van der Waals surface area contributed by atoms with Crippen molar-refractivity contribution < 1.29 is 18.7 Å². The van der Waals surface area contributed by atoms with E-state index in [2.05, 4.69) is 15.8 Å². The van der Waals surface area contributed by atoms with Gasteiger partial charge in [-0.3, -0.25) is 9.59 Å². The molecule has 23 heavy (non-hydrogen) atoms. The molecule has 7 heteroatoms. The maximum absolute atomic E-state index is 12.8. The molecule has 2 N–H and O–H groups in total. The number of para-hydroxylation sites is 1. The van der Waals surface area contributed by atoms with Crippen LogP contribution in [0, 0.1) is 5.82 Å². The SMILES string of the molecule is COc1ccccc1C=NNC(=O)C(=O)Nc1ccc(F)cc1. The maximum atomic E-state index is 12.8. The molecule has 0 unspecified atom stereocenters. The third-order valence-corrected chi connectivity index (χ3v) is 2.82. The van der Waals surface area contributed by atoms with E-state index >= 15 is 0 Å². The summed E-state index contributed by atoms with van der Waals surface area (Å²) in [4.78, 5) is 23.3. The van der Waals surface area contributed by atoms with Crippen LogP contribution in [-0.2, 0) is 9.59 Å². The van der Waals surface area contributed by atoms with Gasteiger partial charge in [0.1, 0.15) is 11.6 Å². The standard InChI is InChI=1S/C16H14FN3O3/c1-23-14-5-3-2-4-11(14)10-18-20-16(22)15(21)19-13-8-6-12(17)7-9-13/h2-10H,1H3,(H,19,21)(H,20,22). The molecule has 0 aliphatic heterocycles. The first kappa shape index (κ1) is 16.2. The summed E-state index contributed by atoms with van der Waals surface area (Å²) >= 11 is 0. The van der Waals surface area contributed by atoms with Crippen molar-refractivity contribution in [2.24, 2.45) is 5.10 Å². The van der Waals surface area contributed by atoms with Crippen molar-refractivity contribution in [2.75, 3.05) is 12.4 Å². The molecular formula is C16H14FN3O3. The van der Waals surface area contributed by atoms with Gasteiger partial charge in [-0.1, -0.05) is 12.1 Å². The highest BCUT2D eigenvalue weighted by molar-refractivity contribution is 6.39. The lowest BCUT2D eigenvalue weighted by molar-refractivity contribution is -0.136. The molecule has 0 aliphatic carbocycles. The second kappa shape index (κ2) is 7.69. The van der Waals surface area contributed by atoms with E-state index in [1.165, 1.54) is 37.6 Å². The first-order valence-electron chi connectivity index (χ1n) is 6.63. The van der Waals surface area contributed by atoms with Gasteiger partial charge in [0.15, 0.2) is 0 Å². The molecule has 0 spiro atoms. The number of ether oxygens (including phenoxy) is 1. The third-order valence-electron chi connectivity index (χ3n) is 2.82. The molecule has 0 heterocycles. The van der Waals surface area contributed by atoms with E-state index in [9.17, 15) is 14.0 Å². The van der Waals surface area contributed by atoms with Gasteiger partial charge < -0.3 is 10.1 Å². The normalized spacial score (nSPS) is 10.3. The van der Waals surface area contributed by atoms with Gasteiger partial charge in [-0.05, 0) is 36.4 Å². The topological polar surface area (TPSA) is 79.8 Å². The minimum Gasteiger partial charge on any atom is -0.496 e. The van der Waals surface area contributed by atoms with E-state index in [4.69, 9.17) is 4.74 Å². The van der Waals surface area contributed by atoms with Gasteiger partial charge in [-0.15, -0.1) is 0 Å². The van der Waals surface area contributed by atoms with E-state index in [0.717, 1.165) is 0 Å². The zero-order chi connectivity index (χ0) is 16.7. The highest BCUT2D eigenvalue weighted by Crippen LogP contribution is 2.14. The van der Waals surface area contributed by atoms with Gasteiger partial charge in [0.2, 0.25) is 0 Å². The minimum atomic E-state index is -0.944. The maximum Gasteiger partial charge on any atom is 0.329 e. The number of nitrogens with one attached hydrogen (secondary N) is 2. The first-order valence-corrected chi connectivity index (χ1v) is 6.63. The van der Waals surface area contributed by atoms with Crippen LogP contribution >= 0.6 is 0 Å². The number of hydrazone groups is 1. The van der Waals surface area contributed by atoms with Crippen molar-refractivity contribution in [2.45, 2.75) is 0 Å². The second-order valence-electron chi connectivity index (χ2n) is 4.40. The Morgan fingerprint density at radius 2 is 1.78 bits per heavy atom. The van der Waals surface area contributed by atoms with Crippen LogP contribution in [0.25, 0.3) is 0 Å². The zero-order valence-corrected chi connectivity index (χ0v) is 12.2. The monoisotopic (exact) mass is 315 g/mol. The van der Waals surface area contributed by atoms with Crippen LogP contribution in [0.15, 0.2) is 53.6 Å². The molecular weight excluding hydrogens is 301 g/mol. The first-order chi connectivity index (χ1) is 11.1. The number of amides is 2. The largest absolute Gasteiger partial charge is 0.496 e.